The molecule has 0 radical (unpaired) electrons. The van der Waals surface area contributed by atoms with Crippen LogP contribution >= 0.6 is 22.9 Å². The molecule has 0 saturated heterocycles. The molecule has 154 valence electrons. The van der Waals surface area contributed by atoms with E-state index in [9.17, 15) is 13.2 Å². The maximum atomic E-state index is 12.9. The van der Waals surface area contributed by atoms with Crippen molar-refractivity contribution in [2.24, 2.45) is 0 Å². The van der Waals surface area contributed by atoms with Crippen LogP contribution < -0.4 is 10.6 Å². The van der Waals surface area contributed by atoms with Crippen molar-refractivity contribution in [1.29, 1.82) is 0 Å². The highest BCUT2D eigenvalue weighted by atomic mass is 35.5. The number of hydrogen-bond acceptors (Lipinski definition) is 6. The van der Waals surface area contributed by atoms with E-state index >= 15 is 0 Å². The van der Waals surface area contributed by atoms with Gasteiger partial charge in [-0.2, -0.15) is 13.2 Å². The lowest BCUT2D eigenvalue weighted by atomic mass is 10.1. The standard InChI is InChI=1S/C20H15ClF3N5S/c1-10-4-3-5-11(2)15(10)28-19-29-16-17(25-9-26-18(16)30-19)27-14-7-6-12(8-13(14)21)20(22,23)24/h3-9H,1-2H3,(H,28,29)(H,25,26,27). The maximum Gasteiger partial charge on any atom is 0.416 e. The van der Waals surface area contributed by atoms with Crippen LogP contribution in [0, 0.1) is 13.8 Å². The SMILES string of the molecule is Cc1cccc(C)c1Nc1nc2c(Nc3ccc(C(F)(F)F)cc3Cl)ncnc2s1. The zero-order chi connectivity index (χ0) is 21.5. The number of alkyl halides is 3. The van der Waals surface area contributed by atoms with Gasteiger partial charge in [-0.1, -0.05) is 41.1 Å². The molecular formula is C20H15ClF3N5S. The van der Waals surface area contributed by atoms with Gasteiger partial charge in [0, 0.05) is 5.69 Å². The van der Waals surface area contributed by atoms with Crippen LogP contribution in [0.3, 0.4) is 0 Å². The predicted octanol–water partition coefficient (Wildman–Crippen LogP) is 6.86. The smallest absolute Gasteiger partial charge is 0.337 e. The van der Waals surface area contributed by atoms with Gasteiger partial charge in [-0.25, -0.2) is 15.0 Å². The van der Waals surface area contributed by atoms with Crippen molar-refractivity contribution in [3.63, 3.8) is 0 Å². The molecule has 2 N–H and O–H groups in total. The summed E-state index contributed by atoms with van der Waals surface area (Å²) in [4.78, 5) is 13.6. The number of rotatable bonds is 4. The summed E-state index contributed by atoms with van der Waals surface area (Å²) in [5.41, 5.74) is 3.09. The fraction of sp³-hybridized carbons (Fsp3) is 0.150. The minimum Gasteiger partial charge on any atom is -0.337 e. The molecule has 4 rings (SSSR count). The van der Waals surface area contributed by atoms with Crippen molar-refractivity contribution in [1.82, 2.24) is 15.0 Å². The molecule has 2 aromatic heterocycles. The van der Waals surface area contributed by atoms with E-state index in [-0.39, 0.29) is 5.02 Å². The van der Waals surface area contributed by atoms with Gasteiger partial charge in [0.1, 0.15) is 11.8 Å². The van der Waals surface area contributed by atoms with Gasteiger partial charge in [0.05, 0.1) is 16.3 Å². The monoisotopic (exact) mass is 449 g/mol. The molecule has 10 heteroatoms. The number of nitrogens with one attached hydrogen (secondary N) is 2. The first-order valence-corrected chi connectivity index (χ1v) is 10.0. The number of para-hydroxylation sites is 1. The summed E-state index contributed by atoms with van der Waals surface area (Å²) in [5.74, 6) is 0.354. The van der Waals surface area contributed by atoms with E-state index < -0.39 is 11.7 Å². The van der Waals surface area contributed by atoms with Crippen molar-refractivity contribution in [2.75, 3.05) is 10.6 Å². The second-order valence-electron chi connectivity index (χ2n) is 6.60. The number of halogens is 4. The summed E-state index contributed by atoms with van der Waals surface area (Å²) in [6.45, 7) is 4.00. The van der Waals surface area contributed by atoms with Gasteiger partial charge in [0.2, 0.25) is 0 Å². The number of anilines is 4. The lowest BCUT2D eigenvalue weighted by Crippen LogP contribution is -2.05. The zero-order valence-corrected chi connectivity index (χ0v) is 17.4. The average Bonchev–Trinajstić information content (AvgIpc) is 3.09. The number of hydrogen-bond donors (Lipinski definition) is 2. The average molecular weight is 450 g/mol. The van der Waals surface area contributed by atoms with Gasteiger partial charge in [0.15, 0.2) is 15.8 Å². The van der Waals surface area contributed by atoms with Crippen LogP contribution in [0.15, 0.2) is 42.7 Å². The summed E-state index contributed by atoms with van der Waals surface area (Å²) in [6, 6.07) is 9.08. The van der Waals surface area contributed by atoms with Crippen molar-refractivity contribution < 1.29 is 13.2 Å². The molecule has 2 aromatic carbocycles. The Hall–Kier alpha value is -2.91. The maximum absolute atomic E-state index is 12.9. The van der Waals surface area contributed by atoms with E-state index in [0.29, 0.717) is 27.0 Å². The van der Waals surface area contributed by atoms with Crippen LogP contribution in [-0.2, 0) is 6.18 Å². The highest BCUT2D eigenvalue weighted by Crippen LogP contribution is 2.36. The molecule has 30 heavy (non-hydrogen) atoms. The van der Waals surface area contributed by atoms with Gasteiger partial charge >= 0.3 is 6.18 Å². The Bertz CT molecular complexity index is 1220. The fourth-order valence-electron chi connectivity index (χ4n) is 2.94. The van der Waals surface area contributed by atoms with Crippen LogP contribution in [0.4, 0.5) is 35.5 Å². The molecular weight excluding hydrogens is 435 g/mol. The predicted molar refractivity (Wildman–Crippen MR) is 114 cm³/mol. The normalized spacial score (nSPS) is 11.7. The topological polar surface area (TPSA) is 62.7 Å². The largest absolute Gasteiger partial charge is 0.416 e. The third kappa shape index (κ3) is 4.03. The van der Waals surface area contributed by atoms with Crippen molar-refractivity contribution in [2.45, 2.75) is 20.0 Å². The van der Waals surface area contributed by atoms with E-state index in [1.165, 1.54) is 23.7 Å². The Morgan fingerprint density at radius 2 is 1.73 bits per heavy atom. The molecule has 0 aliphatic heterocycles. The molecule has 4 aromatic rings. The molecule has 0 aliphatic rings. The highest BCUT2D eigenvalue weighted by Gasteiger charge is 2.31. The number of thiazole rings is 1. The summed E-state index contributed by atoms with van der Waals surface area (Å²) >= 11 is 7.40. The molecule has 0 aliphatic carbocycles. The number of nitrogens with zero attached hydrogens (tertiary/aromatic N) is 3. The number of benzene rings is 2. The lowest BCUT2D eigenvalue weighted by molar-refractivity contribution is -0.137. The summed E-state index contributed by atoms with van der Waals surface area (Å²) in [7, 11) is 0. The quantitative estimate of drug-likeness (QED) is 0.356. The van der Waals surface area contributed by atoms with Crippen LogP contribution in [0.25, 0.3) is 10.3 Å². The van der Waals surface area contributed by atoms with E-state index in [1.54, 1.807) is 0 Å². The summed E-state index contributed by atoms with van der Waals surface area (Å²) < 4.78 is 38.6. The first-order chi connectivity index (χ1) is 14.2. The summed E-state index contributed by atoms with van der Waals surface area (Å²) in [6.07, 6.45) is -3.10. The fourth-order valence-corrected chi connectivity index (χ4v) is 3.98. The van der Waals surface area contributed by atoms with Gasteiger partial charge in [-0.3, -0.25) is 0 Å². The van der Waals surface area contributed by atoms with Gasteiger partial charge in [-0.05, 0) is 43.2 Å². The van der Waals surface area contributed by atoms with E-state index in [4.69, 9.17) is 11.6 Å². The van der Waals surface area contributed by atoms with Crippen LogP contribution in [0.5, 0.6) is 0 Å². The number of aryl methyl sites for hydroxylation is 2. The second kappa shape index (κ2) is 7.73. The van der Waals surface area contributed by atoms with Crippen LogP contribution in [0.2, 0.25) is 5.02 Å². The van der Waals surface area contributed by atoms with Crippen LogP contribution in [0.1, 0.15) is 16.7 Å². The van der Waals surface area contributed by atoms with Crippen LogP contribution in [-0.4, -0.2) is 15.0 Å². The molecule has 0 unspecified atom stereocenters. The Morgan fingerprint density at radius 1 is 1.00 bits per heavy atom. The Kier molecular flexibility index (Phi) is 5.25. The number of aromatic nitrogens is 3. The molecule has 0 bridgehead atoms. The molecule has 0 saturated carbocycles. The highest BCUT2D eigenvalue weighted by molar-refractivity contribution is 7.21. The minimum absolute atomic E-state index is 0.0688. The van der Waals surface area contributed by atoms with E-state index in [0.717, 1.165) is 28.9 Å². The zero-order valence-electron chi connectivity index (χ0n) is 15.8. The minimum atomic E-state index is -4.46. The molecule has 0 atom stereocenters. The Balaban J connectivity index is 1.66. The van der Waals surface area contributed by atoms with E-state index in [2.05, 4.69) is 25.6 Å². The first kappa shape index (κ1) is 20.4. The molecule has 2 heterocycles. The van der Waals surface area contributed by atoms with Crippen molar-refractivity contribution in [3.05, 3.63) is 64.4 Å². The number of fused-ring (bicyclic) bond motifs is 1. The van der Waals surface area contributed by atoms with Gasteiger partial charge in [-0.15, -0.1) is 0 Å². The molecule has 0 spiro atoms. The Morgan fingerprint density at radius 3 is 2.40 bits per heavy atom. The third-order valence-corrected chi connectivity index (χ3v) is 5.65. The van der Waals surface area contributed by atoms with E-state index in [1.807, 2.05) is 32.0 Å². The first-order valence-electron chi connectivity index (χ1n) is 8.81. The lowest BCUT2D eigenvalue weighted by Gasteiger charge is -2.11. The van der Waals surface area contributed by atoms with Crippen molar-refractivity contribution in [3.8, 4) is 0 Å². The molecule has 0 fully saturated rings. The molecule has 0 amide bonds. The third-order valence-electron chi connectivity index (χ3n) is 4.46. The Labute approximate surface area is 179 Å². The van der Waals surface area contributed by atoms with Gasteiger partial charge in [0.25, 0.3) is 0 Å². The summed E-state index contributed by atoms with van der Waals surface area (Å²) in [5, 5.41) is 6.84. The van der Waals surface area contributed by atoms with Gasteiger partial charge < -0.3 is 10.6 Å². The molecule has 5 nitrogen and oxygen atoms in total. The second-order valence-corrected chi connectivity index (χ2v) is 7.99. The van der Waals surface area contributed by atoms with Crippen molar-refractivity contribution >= 4 is 55.6 Å².